The highest BCUT2D eigenvalue weighted by Gasteiger charge is 2.07. The summed E-state index contributed by atoms with van der Waals surface area (Å²) in [6.45, 7) is 0. The van der Waals surface area contributed by atoms with E-state index >= 15 is 0 Å². The van der Waals surface area contributed by atoms with E-state index in [4.69, 9.17) is 0 Å². The van der Waals surface area contributed by atoms with Gasteiger partial charge in [0.2, 0.25) is 0 Å². The molecule has 0 saturated heterocycles. The normalized spacial score (nSPS) is 10.5. The maximum Gasteiger partial charge on any atom is 0.131 e. The summed E-state index contributed by atoms with van der Waals surface area (Å²) in [4.78, 5) is 0. The quantitative estimate of drug-likeness (QED) is 0.681. The topological polar surface area (TPSA) is 17.8 Å². The van der Waals surface area contributed by atoms with Crippen molar-refractivity contribution in [2.75, 3.05) is 0 Å². The highest BCUT2D eigenvalue weighted by atomic mass is 19.1. The van der Waals surface area contributed by atoms with Crippen molar-refractivity contribution in [1.82, 2.24) is 9.78 Å². The highest BCUT2D eigenvalue weighted by Crippen LogP contribution is 2.22. The largest absolute Gasteiger partial charge is 0.275 e. The molecule has 0 bridgehead atoms. The second kappa shape index (κ2) is 3.21. The molecule has 0 atom stereocenters. The summed E-state index contributed by atoms with van der Waals surface area (Å²) < 4.78 is 27.6. The lowest BCUT2D eigenvalue weighted by Gasteiger charge is -1.98. The molecule has 1 aromatic heterocycles. The van der Waals surface area contributed by atoms with Crippen LogP contribution in [0.4, 0.5) is 8.78 Å². The van der Waals surface area contributed by atoms with E-state index < -0.39 is 11.6 Å². The van der Waals surface area contributed by atoms with Crippen molar-refractivity contribution in [2.24, 2.45) is 7.05 Å². The fourth-order valence-electron chi connectivity index (χ4n) is 1.28. The van der Waals surface area contributed by atoms with Gasteiger partial charge in [0.1, 0.15) is 11.6 Å². The average Bonchev–Trinajstić information content (AvgIpc) is 2.56. The zero-order valence-corrected chi connectivity index (χ0v) is 7.54. The summed E-state index contributed by atoms with van der Waals surface area (Å²) >= 11 is 0. The molecule has 1 heterocycles. The number of hydrogen-bond donors (Lipinski definition) is 0. The fraction of sp³-hybridized carbons (Fsp3) is 0.100. The Balaban J connectivity index is 2.55. The SMILES string of the molecule is Cn1cc(-c2cc(F)ccc2F)cn1. The van der Waals surface area contributed by atoms with Crippen molar-refractivity contribution in [3.8, 4) is 11.1 Å². The Bertz CT molecular complexity index is 463. The van der Waals surface area contributed by atoms with Gasteiger partial charge in [0.15, 0.2) is 0 Å². The lowest BCUT2D eigenvalue weighted by atomic mass is 10.1. The van der Waals surface area contributed by atoms with Crippen LogP contribution in [0.15, 0.2) is 30.6 Å². The van der Waals surface area contributed by atoms with Gasteiger partial charge in [0.25, 0.3) is 0 Å². The number of aromatic nitrogens is 2. The van der Waals surface area contributed by atoms with Crippen molar-refractivity contribution >= 4 is 0 Å². The van der Waals surface area contributed by atoms with Crippen LogP contribution in [0.2, 0.25) is 0 Å². The van der Waals surface area contributed by atoms with E-state index in [0.717, 1.165) is 18.2 Å². The van der Waals surface area contributed by atoms with Crippen LogP contribution in [-0.4, -0.2) is 9.78 Å². The number of rotatable bonds is 1. The summed E-state index contributed by atoms with van der Waals surface area (Å²) in [7, 11) is 1.72. The Morgan fingerprint density at radius 1 is 1.29 bits per heavy atom. The summed E-state index contributed by atoms with van der Waals surface area (Å²) in [6, 6.07) is 3.36. The van der Waals surface area contributed by atoms with Gasteiger partial charge >= 0.3 is 0 Å². The van der Waals surface area contributed by atoms with Crippen LogP contribution in [0.3, 0.4) is 0 Å². The lowest BCUT2D eigenvalue weighted by molar-refractivity contribution is 0.603. The molecule has 0 amide bonds. The van der Waals surface area contributed by atoms with Crippen molar-refractivity contribution in [3.05, 3.63) is 42.2 Å². The summed E-state index contributed by atoms with van der Waals surface area (Å²) in [5.74, 6) is -0.898. The minimum Gasteiger partial charge on any atom is -0.275 e. The van der Waals surface area contributed by atoms with Gasteiger partial charge < -0.3 is 0 Å². The molecule has 0 N–H and O–H groups in total. The van der Waals surface area contributed by atoms with Gasteiger partial charge in [0.05, 0.1) is 6.20 Å². The van der Waals surface area contributed by atoms with E-state index in [-0.39, 0.29) is 5.56 Å². The molecule has 4 heteroatoms. The summed E-state index contributed by atoms with van der Waals surface area (Å²) in [6.07, 6.45) is 3.13. The summed E-state index contributed by atoms with van der Waals surface area (Å²) in [5.41, 5.74) is 0.808. The van der Waals surface area contributed by atoms with Gasteiger partial charge in [0, 0.05) is 24.4 Å². The lowest BCUT2D eigenvalue weighted by Crippen LogP contribution is -1.86. The highest BCUT2D eigenvalue weighted by molar-refractivity contribution is 5.62. The van der Waals surface area contributed by atoms with Gasteiger partial charge in [-0.2, -0.15) is 5.10 Å². The van der Waals surface area contributed by atoms with E-state index in [9.17, 15) is 8.78 Å². The third-order valence-corrected chi connectivity index (χ3v) is 1.94. The van der Waals surface area contributed by atoms with Crippen molar-refractivity contribution in [1.29, 1.82) is 0 Å². The van der Waals surface area contributed by atoms with E-state index in [1.54, 1.807) is 17.9 Å². The first-order valence-electron chi connectivity index (χ1n) is 4.11. The number of hydrogen-bond acceptors (Lipinski definition) is 1. The number of benzene rings is 1. The Hall–Kier alpha value is -1.71. The number of aryl methyl sites for hydroxylation is 1. The van der Waals surface area contributed by atoms with Crippen LogP contribution in [0.5, 0.6) is 0 Å². The molecule has 0 aliphatic heterocycles. The number of halogens is 2. The van der Waals surface area contributed by atoms with Crippen LogP contribution < -0.4 is 0 Å². The zero-order chi connectivity index (χ0) is 10.1. The molecule has 0 fully saturated rings. The molecular weight excluding hydrogens is 186 g/mol. The average molecular weight is 194 g/mol. The van der Waals surface area contributed by atoms with Gasteiger partial charge in [-0.1, -0.05) is 0 Å². The molecule has 0 unspecified atom stereocenters. The van der Waals surface area contributed by atoms with Crippen LogP contribution in [0.1, 0.15) is 0 Å². The molecule has 0 spiro atoms. The maximum atomic E-state index is 13.3. The van der Waals surface area contributed by atoms with E-state index in [0.29, 0.717) is 5.56 Å². The fourth-order valence-corrected chi connectivity index (χ4v) is 1.28. The van der Waals surface area contributed by atoms with Gasteiger partial charge in [-0.3, -0.25) is 4.68 Å². The molecule has 0 radical (unpaired) electrons. The van der Waals surface area contributed by atoms with Crippen molar-refractivity contribution in [2.45, 2.75) is 0 Å². The Morgan fingerprint density at radius 3 is 2.71 bits per heavy atom. The smallest absolute Gasteiger partial charge is 0.131 e. The number of nitrogens with zero attached hydrogens (tertiary/aromatic N) is 2. The molecule has 1 aromatic carbocycles. The predicted molar refractivity (Wildman–Crippen MR) is 48.6 cm³/mol. The van der Waals surface area contributed by atoms with E-state index in [1.807, 2.05) is 0 Å². The molecule has 0 aliphatic rings. The minimum absolute atomic E-state index is 0.234. The summed E-state index contributed by atoms with van der Waals surface area (Å²) in [5, 5.41) is 3.89. The Morgan fingerprint density at radius 2 is 2.07 bits per heavy atom. The van der Waals surface area contributed by atoms with Gasteiger partial charge in [-0.05, 0) is 18.2 Å². The first-order chi connectivity index (χ1) is 6.66. The first kappa shape index (κ1) is 8.87. The minimum atomic E-state index is -0.453. The van der Waals surface area contributed by atoms with Crippen LogP contribution in [0, 0.1) is 11.6 Å². The van der Waals surface area contributed by atoms with Gasteiger partial charge in [-0.15, -0.1) is 0 Å². The molecule has 2 aromatic rings. The van der Waals surface area contributed by atoms with Crippen LogP contribution in [0.25, 0.3) is 11.1 Å². The van der Waals surface area contributed by atoms with E-state index in [2.05, 4.69) is 5.10 Å². The Kier molecular flexibility index (Phi) is 2.04. The molecular formula is C10H8F2N2. The van der Waals surface area contributed by atoms with Gasteiger partial charge in [-0.25, -0.2) is 8.78 Å². The zero-order valence-electron chi connectivity index (χ0n) is 7.54. The molecule has 2 rings (SSSR count). The third kappa shape index (κ3) is 1.51. The van der Waals surface area contributed by atoms with Crippen LogP contribution in [-0.2, 0) is 7.05 Å². The molecule has 0 aliphatic carbocycles. The second-order valence-corrected chi connectivity index (χ2v) is 3.03. The molecule has 14 heavy (non-hydrogen) atoms. The van der Waals surface area contributed by atoms with Crippen molar-refractivity contribution in [3.63, 3.8) is 0 Å². The molecule has 0 saturated carbocycles. The van der Waals surface area contributed by atoms with E-state index in [1.165, 1.54) is 6.20 Å². The monoisotopic (exact) mass is 194 g/mol. The third-order valence-electron chi connectivity index (χ3n) is 1.94. The molecule has 72 valence electrons. The van der Waals surface area contributed by atoms with Crippen molar-refractivity contribution < 1.29 is 8.78 Å². The second-order valence-electron chi connectivity index (χ2n) is 3.03. The maximum absolute atomic E-state index is 13.3. The van der Waals surface area contributed by atoms with Crippen LogP contribution >= 0.6 is 0 Å². The standard InChI is InChI=1S/C10H8F2N2/c1-14-6-7(5-13-14)9-4-8(11)2-3-10(9)12/h2-6H,1H3. The molecule has 2 nitrogen and oxygen atoms in total. The Labute approximate surface area is 79.8 Å². The first-order valence-corrected chi connectivity index (χ1v) is 4.11. The predicted octanol–water partition coefficient (Wildman–Crippen LogP) is 2.37.